The second-order valence-electron chi connectivity index (χ2n) is 4.17. The number of amides is 1. The van der Waals surface area contributed by atoms with Crippen LogP contribution in [0.2, 0.25) is 0 Å². The van der Waals surface area contributed by atoms with Crippen molar-refractivity contribution in [2.75, 3.05) is 20.3 Å². The molecule has 2 aromatic carbocycles. The quantitative estimate of drug-likeness (QED) is 0.627. The number of nitrogens with one attached hydrogen (secondary N) is 1. The first-order valence-corrected chi connectivity index (χ1v) is 6.53. The Morgan fingerprint density at radius 3 is 2.52 bits per heavy atom. The molecule has 0 heterocycles. The van der Waals surface area contributed by atoms with Gasteiger partial charge < -0.3 is 9.47 Å². The Morgan fingerprint density at radius 1 is 1.00 bits per heavy atom. The molecule has 0 atom stereocenters. The summed E-state index contributed by atoms with van der Waals surface area (Å²) in [4.78, 5) is 16.9. The van der Waals surface area contributed by atoms with Crippen molar-refractivity contribution in [2.24, 2.45) is 0 Å². The van der Waals surface area contributed by atoms with Crippen LogP contribution in [-0.4, -0.2) is 26.2 Å². The number of carbonyl (C=O) groups excluding carboxylic acids is 1. The lowest BCUT2D eigenvalue weighted by Gasteiger charge is -2.08. The van der Waals surface area contributed by atoms with Gasteiger partial charge in [-0.1, -0.05) is 24.3 Å². The van der Waals surface area contributed by atoms with Gasteiger partial charge in [-0.05, 0) is 30.3 Å². The first kappa shape index (κ1) is 14.9. The van der Waals surface area contributed by atoms with E-state index in [9.17, 15) is 4.79 Å². The van der Waals surface area contributed by atoms with Crippen molar-refractivity contribution in [2.45, 2.75) is 0 Å². The summed E-state index contributed by atoms with van der Waals surface area (Å²) in [6.45, 7) is 0.604. The average molecular weight is 287 g/mol. The molecule has 0 saturated carbocycles. The van der Waals surface area contributed by atoms with Gasteiger partial charge in [0.25, 0.3) is 5.91 Å². The monoisotopic (exact) mass is 287 g/mol. The molecule has 1 amide bonds. The maximum Gasteiger partial charge on any atom is 0.274 e. The van der Waals surface area contributed by atoms with Crippen LogP contribution in [0.25, 0.3) is 0 Å². The average Bonchev–Trinajstić information content (AvgIpc) is 2.55. The summed E-state index contributed by atoms with van der Waals surface area (Å²) in [5.74, 6) is 1.06. The predicted molar refractivity (Wildman–Crippen MR) is 78.3 cm³/mol. The fourth-order valence-electron chi connectivity index (χ4n) is 1.66. The van der Waals surface area contributed by atoms with Crippen LogP contribution in [0, 0.1) is 0 Å². The summed E-state index contributed by atoms with van der Waals surface area (Å²) in [5, 5.41) is 0. The normalized spacial score (nSPS) is 9.95. The molecule has 0 bridgehead atoms. The molecule has 0 spiro atoms. The highest BCUT2D eigenvalue weighted by molar-refractivity contribution is 5.93. The smallest absolute Gasteiger partial charge is 0.274 e. The maximum absolute atomic E-state index is 11.8. The van der Waals surface area contributed by atoms with E-state index < -0.39 is 0 Å². The molecular formula is C16H17NO4. The molecule has 2 aromatic rings. The lowest BCUT2D eigenvalue weighted by atomic mass is 10.2. The highest BCUT2D eigenvalue weighted by atomic mass is 16.7. The third-order valence-electron chi connectivity index (χ3n) is 2.69. The molecule has 0 aliphatic rings. The summed E-state index contributed by atoms with van der Waals surface area (Å²) < 4.78 is 10.5. The number of hydrogen-bond donors (Lipinski definition) is 1. The van der Waals surface area contributed by atoms with Gasteiger partial charge in [-0.3, -0.25) is 9.63 Å². The Hall–Kier alpha value is -2.53. The number of rotatable bonds is 7. The van der Waals surface area contributed by atoms with Gasteiger partial charge in [0.15, 0.2) is 0 Å². The van der Waals surface area contributed by atoms with Crippen LogP contribution in [-0.2, 0) is 4.84 Å². The second kappa shape index (κ2) is 7.91. The molecule has 0 aliphatic carbocycles. The molecule has 0 fully saturated rings. The lowest BCUT2D eigenvalue weighted by molar-refractivity contribution is 0.0200. The number of benzene rings is 2. The standard InChI is InChI=1S/C16H17NO4/c1-19-15-9-5-6-13(12-15)16(18)17-21-11-10-20-14-7-3-2-4-8-14/h2-9,12H,10-11H2,1H3,(H,17,18). The van der Waals surface area contributed by atoms with Crippen molar-refractivity contribution >= 4 is 5.91 Å². The fraction of sp³-hybridized carbons (Fsp3) is 0.188. The zero-order valence-electron chi connectivity index (χ0n) is 11.7. The van der Waals surface area contributed by atoms with E-state index in [-0.39, 0.29) is 12.5 Å². The number of hydroxylamine groups is 1. The molecule has 2 rings (SSSR count). The molecular weight excluding hydrogens is 270 g/mol. The molecule has 0 unspecified atom stereocenters. The minimum atomic E-state index is -0.325. The number of hydrogen-bond acceptors (Lipinski definition) is 4. The predicted octanol–water partition coefficient (Wildman–Crippen LogP) is 2.44. The van der Waals surface area contributed by atoms with Gasteiger partial charge in [-0.15, -0.1) is 0 Å². The third kappa shape index (κ3) is 4.81. The van der Waals surface area contributed by atoms with Gasteiger partial charge in [-0.2, -0.15) is 0 Å². The maximum atomic E-state index is 11.8. The first-order chi connectivity index (χ1) is 10.3. The van der Waals surface area contributed by atoms with Gasteiger partial charge in [-0.25, -0.2) is 5.48 Å². The molecule has 0 saturated heterocycles. The minimum absolute atomic E-state index is 0.255. The van der Waals surface area contributed by atoms with E-state index in [4.69, 9.17) is 14.3 Å². The van der Waals surface area contributed by atoms with Gasteiger partial charge in [0.1, 0.15) is 24.7 Å². The van der Waals surface area contributed by atoms with Crippen LogP contribution in [0.15, 0.2) is 54.6 Å². The van der Waals surface area contributed by atoms with Crippen LogP contribution < -0.4 is 15.0 Å². The van der Waals surface area contributed by atoms with Crippen molar-refractivity contribution < 1.29 is 19.1 Å². The van der Waals surface area contributed by atoms with Crippen molar-refractivity contribution in [1.82, 2.24) is 5.48 Å². The van der Waals surface area contributed by atoms with E-state index in [1.54, 1.807) is 31.4 Å². The van der Waals surface area contributed by atoms with E-state index in [2.05, 4.69) is 5.48 Å². The summed E-state index contributed by atoms with van der Waals surface area (Å²) in [5.41, 5.74) is 2.83. The largest absolute Gasteiger partial charge is 0.497 e. The second-order valence-corrected chi connectivity index (χ2v) is 4.17. The molecule has 1 N–H and O–H groups in total. The van der Waals surface area contributed by atoms with Gasteiger partial charge >= 0.3 is 0 Å². The highest BCUT2D eigenvalue weighted by Gasteiger charge is 2.06. The Balaban J connectivity index is 1.69. The van der Waals surface area contributed by atoms with Crippen molar-refractivity contribution in [3.63, 3.8) is 0 Å². The van der Waals surface area contributed by atoms with Gasteiger partial charge in [0.05, 0.1) is 7.11 Å². The lowest BCUT2D eigenvalue weighted by Crippen LogP contribution is -2.26. The zero-order chi connectivity index (χ0) is 14.9. The highest BCUT2D eigenvalue weighted by Crippen LogP contribution is 2.12. The molecule has 0 radical (unpaired) electrons. The number of methoxy groups -OCH3 is 1. The van der Waals surface area contributed by atoms with Crippen LogP contribution >= 0.6 is 0 Å². The van der Waals surface area contributed by atoms with Crippen molar-refractivity contribution in [3.8, 4) is 11.5 Å². The van der Waals surface area contributed by atoms with Crippen molar-refractivity contribution in [1.29, 1.82) is 0 Å². The van der Waals surface area contributed by atoms with Crippen LogP contribution in [0.5, 0.6) is 11.5 Å². The zero-order valence-corrected chi connectivity index (χ0v) is 11.7. The van der Waals surface area contributed by atoms with E-state index in [1.807, 2.05) is 30.3 Å². The fourth-order valence-corrected chi connectivity index (χ4v) is 1.66. The molecule has 110 valence electrons. The van der Waals surface area contributed by atoms with E-state index in [1.165, 1.54) is 0 Å². The van der Waals surface area contributed by atoms with Crippen molar-refractivity contribution in [3.05, 3.63) is 60.2 Å². The number of carbonyl (C=O) groups is 1. The number of ether oxygens (including phenoxy) is 2. The Kier molecular flexibility index (Phi) is 5.60. The molecule has 5 nitrogen and oxygen atoms in total. The van der Waals surface area contributed by atoms with Crippen LogP contribution in [0.1, 0.15) is 10.4 Å². The molecule has 21 heavy (non-hydrogen) atoms. The topological polar surface area (TPSA) is 56.8 Å². The first-order valence-electron chi connectivity index (χ1n) is 6.53. The number of para-hydroxylation sites is 1. The summed E-state index contributed by atoms with van der Waals surface area (Å²) >= 11 is 0. The van der Waals surface area contributed by atoms with Crippen LogP contribution in [0.4, 0.5) is 0 Å². The van der Waals surface area contributed by atoms with Crippen LogP contribution in [0.3, 0.4) is 0 Å². The Labute approximate surface area is 123 Å². The molecule has 5 heteroatoms. The van der Waals surface area contributed by atoms with E-state index >= 15 is 0 Å². The van der Waals surface area contributed by atoms with E-state index in [0.717, 1.165) is 5.75 Å². The Bertz CT molecular complexity index is 571. The SMILES string of the molecule is COc1cccc(C(=O)NOCCOc2ccccc2)c1. The van der Waals surface area contributed by atoms with Gasteiger partial charge in [0.2, 0.25) is 0 Å². The molecule has 0 aliphatic heterocycles. The Morgan fingerprint density at radius 2 is 1.76 bits per heavy atom. The summed E-state index contributed by atoms with van der Waals surface area (Å²) in [6, 6.07) is 16.2. The summed E-state index contributed by atoms with van der Waals surface area (Å²) in [6.07, 6.45) is 0. The molecule has 0 aromatic heterocycles. The summed E-state index contributed by atoms with van der Waals surface area (Å²) in [7, 11) is 1.55. The van der Waals surface area contributed by atoms with Gasteiger partial charge in [0, 0.05) is 5.56 Å². The third-order valence-corrected chi connectivity index (χ3v) is 2.69. The van der Waals surface area contributed by atoms with E-state index in [0.29, 0.717) is 17.9 Å². The minimum Gasteiger partial charge on any atom is -0.497 e.